The molecular formula is C19H26N2O4. The zero-order valence-corrected chi connectivity index (χ0v) is 14.9. The lowest BCUT2D eigenvalue weighted by atomic mass is 10.0. The Morgan fingerprint density at radius 1 is 1.28 bits per heavy atom. The molecule has 1 aliphatic heterocycles. The monoisotopic (exact) mass is 346 g/mol. The first-order valence-corrected chi connectivity index (χ1v) is 8.92. The smallest absolute Gasteiger partial charge is 0.325 e. The van der Waals surface area contributed by atoms with Gasteiger partial charge in [0.25, 0.3) is 0 Å². The number of carboxylic acids is 1. The summed E-state index contributed by atoms with van der Waals surface area (Å²) in [4.78, 5) is 28.3. The van der Waals surface area contributed by atoms with Gasteiger partial charge in [-0.3, -0.25) is 14.5 Å². The quantitative estimate of drug-likeness (QED) is 0.885. The number of methoxy groups -OCH3 is 1. The molecule has 1 aliphatic carbocycles. The number of benzene rings is 1. The fourth-order valence-electron chi connectivity index (χ4n) is 4.08. The topological polar surface area (TPSA) is 70.1 Å². The second kappa shape index (κ2) is 7.44. The molecule has 136 valence electrons. The largest absolute Gasteiger partial charge is 0.496 e. The molecule has 2 aliphatic rings. The van der Waals surface area contributed by atoms with E-state index in [-0.39, 0.29) is 12.5 Å². The van der Waals surface area contributed by atoms with Crippen LogP contribution < -0.4 is 4.74 Å². The van der Waals surface area contributed by atoms with Gasteiger partial charge in [0.05, 0.1) is 13.7 Å². The standard InChI is InChI=1S/C19H26N2O4/c1-13-7-8-16(25-2)15(11-13)18(19(23)24)20-9-10-21(17(22)12-20)14-5-3-4-6-14/h7-8,11,14,18H,3-6,9-10,12H2,1-2H3,(H,23,24)/t18-/m0/s1. The zero-order valence-electron chi connectivity index (χ0n) is 14.9. The number of hydrogen-bond donors (Lipinski definition) is 1. The van der Waals surface area contributed by atoms with Crippen LogP contribution in [0.4, 0.5) is 0 Å². The molecule has 0 bridgehead atoms. The van der Waals surface area contributed by atoms with Gasteiger partial charge in [-0.2, -0.15) is 0 Å². The molecule has 1 aromatic rings. The fraction of sp³-hybridized carbons (Fsp3) is 0.579. The first-order valence-electron chi connectivity index (χ1n) is 8.92. The van der Waals surface area contributed by atoms with Crippen molar-refractivity contribution in [2.75, 3.05) is 26.7 Å². The Bertz CT molecular complexity index is 655. The van der Waals surface area contributed by atoms with E-state index in [0.29, 0.717) is 30.4 Å². The van der Waals surface area contributed by atoms with E-state index in [1.54, 1.807) is 11.0 Å². The molecule has 0 unspecified atom stereocenters. The van der Waals surface area contributed by atoms with E-state index in [1.165, 1.54) is 20.0 Å². The van der Waals surface area contributed by atoms with Crippen LogP contribution in [0.25, 0.3) is 0 Å². The molecule has 1 saturated heterocycles. The van der Waals surface area contributed by atoms with Crippen LogP contribution in [0.1, 0.15) is 42.9 Å². The highest BCUT2D eigenvalue weighted by molar-refractivity contribution is 5.82. The van der Waals surface area contributed by atoms with Crippen molar-refractivity contribution in [3.63, 3.8) is 0 Å². The summed E-state index contributed by atoms with van der Waals surface area (Å²) in [5.74, 6) is -0.370. The maximum Gasteiger partial charge on any atom is 0.325 e. The molecule has 6 nitrogen and oxygen atoms in total. The predicted octanol–water partition coefficient (Wildman–Crippen LogP) is 2.22. The number of carboxylic acid groups (broad SMARTS) is 1. The van der Waals surface area contributed by atoms with Gasteiger partial charge in [0.15, 0.2) is 0 Å². The van der Waals surface area contributed by atoms with Crippen LogP contribution in [0.3, 0.4) is 0 Å². The molecule has 3 rings (SSSR count). The highest BCUT2D eigenvalue weighted by Crippen LogP contribution is 2.33. The fourth-order valence-corrected chi connectivity index (χ4v) is 4.08. The van der Waals surface area contributed by atoms with Crippen LogP contribution in [0, 0.1) is 6.92 Å². The van der Waals surface area contributed by atoms with Crippen LogP contribution in [-0.2, 0) is 9.59 Å². The third-order valence-corrected chi connectivity index (χ3v) is 5.33. The van der Waals surface area contributed by atoms with E-state index < -0.39 is 12.0 Å². The minimum absolute atomic E-state index is 0.0380. The van der Waals surface area contributed by atoms with Crippen LogP contribution in [-0.4, -0.2) is 59.6 Å². The first kappa shape index (κ1) is 17.7. The van der Waals surface area contributed by atoms with Crippen molar-refractivity contribution in [1.29, 1.82) is 0 Å². The first-order chi connectivity index (χ1) is 12.0. The summed E-state index contributed by atoms with van der Waals surface area (Å²) in [5.41, 5.74) is 1.58. The van der Waals surface area contributed by atoms with Gasteiger partial charge in [0.1, 0.15) is 11.8 Å². The SMILES string of the molecule is COc1ccc(C)cc1[C@@H](C(=O)O)N1CCN(C2CCCC2)C(=O)C1. The summed E-state index contributed by atoms with van der Waals surface area (Å²) in [6, 6.07) is 4.99. The van der Waals surface area contributed by atoms with E-state index >= 15 is 0 Å². The molecule has 2 fully saturated rings. The lowest BCUT2D eigenvalue weighted by molar-refractivity contribution is -0.149. The molecule has 25 heavy (non-hydrogen) atoms. The summed E-state index contributed by atoms with van der Waals surface area (Å²) < 4.78 is 5.37. The molecule has 0 spiro atoms. The van der Waals surface area contributed by atoms with Crippen molar-refractivity contribution in [3.8, 4) is 5.75 Å². The molecule has 1 atom stereocenters. The Morgan fingerprint density at radius 2 is 2.00 bits per heavy atom. The minimum atomic E-state index is -0.953. The van der Waals surface area contributed by atoms with Gasteiger partial charge in [-0.1, -0.05) is 30.5 Å². The normalized spacial score (nSPS) is 20.7. The number of piperazine rings is 1. The zero-order chi connectivity index (χ0) is 18.0. The van der Waals surface area contributed by atoms with Crippen molar-refractivity contribution in [1.82, 2.24) is 9.80 Å². The number of hydrogen-bond acceptors (Lipinski definition) is 4. The van der Waals surface area contributed by atoms with Crippen molar-refractivity contribution in [2.24, 2.45) is 0 Å². The number of aliphatic carboxylic acids is 1. The Morgan fingerprint density at radius 3 is 2.60 bits per heavy atom. The van der Waals surface area contributed by atoms with E-state index in [9.17, 15) is 14.7 Å². The van der Waals surface area contributed by atoms with Crippen LogP contribution >= 0.6 is 0 Å². The highest BCUT2D eigenvalue weighted by Gasteiger charge is 2.37. The average molecular weight is 346 g/mol. The van der Waals surface area contributed by atoms with Crippen molar-refractivity contribution in [3.05, 3.63) is 29.3 Å². The predicted molar refractivity (Wildman–Crippen MR) is 93.6 cm³/mol. The summed E-state index contributed by atoms with van der Waals surface area (Å²) in [6.45, 7) is 3.23. The van der Waals surface area contributed by atoms with Gasteiger partial charge in [-0.25, -0.2) is 0 Å². The van der Waals surface area contributed by atoms with E-state index in [2.05, 4.69) is 0 Å². The van der Waals surface area contributed by atoms with Gasteiger partial charge in [0, 0.05) is 24.7 Å². The van der Waals surface area contributed by atoms with Crippen LogP contribution in [0.5, 0.6) is 5.75 Å². The van der Waals surface area contributed by atoms with E-state index in [0.717, 1.165) is 18.4 Å². The second-order valence-corrected chi connectivity index (χ2v) is 6.98. The number of nitrogens with zero attached hydrogens (tertiary/aromatic N) is 2. The molecule has 1 heterocycles. The lowest BCUT2D eigenvalue weighted by Crippen LogP contribution is -2.55. The number of rotatable bonds is 5. The van der Waals surface area contributed by atoms with Gasteiger partial charge >= 0.3 is 5.97 Å². The summed E-state index contributed by atoms with van der Waals surface area (Å²) in [5, 5.41) is 9.83. The Kier molecular flexibility index (Phi) is 5.27. The van der Waals surface area contributed by atoms with Crippen molar-refractivity contribution >= 4 is 11.9 Å². The number of carbonyl (C=O) groups excluding carboxylic acids is 1. The van der Waals surface area contributed by atoms with Crippen LogP contribution in [0.15, 0.2) is 18.2 Å². The molecule has 1 aromatic carbocycles. The average Bonchev–Trinajstić information content (AvgIpc) is 3.09. The summed E-state index contributed by atoms with van der Waals surface area (Å²) in [7, 11) is 1.54. The van der Waals surface area contributed by atoms with Gasteiger partial charge < -0.3 is 14.7 Å². The van der Waals surface area contributed by atoms with E-state index in [1.807, 2.05) is 24.0 Å². The van der Waals surface area contributed by atoms with Crippen molar-refractivity contribution < 1.29 is 19.4 Å². The Balaban J connectivity index is 1.82. The summed E-state index contributed by atoms with van der Waals surface area (Å²) >= 11 is 0. The second-order valence-electron chi connectivity index (χ2n) is 6.98. The van der Waals surface area contributed by atoms with E-state index in [4.69, 9.17) is 4.74 Å². The van der Waals surface area contributed by atoms with Crippen LogP contribution in [0.2, 0.25) is 0 Å². The number of amides is 1. The number of aryl methyl sites for hydroxylation is 1. The maximum atomic E-state index is 12.6. The molecule has 0 radical (unpaired) electrons. The molecule has 1 saturated carbocycles. The van der Waals surface area contributed by atoms with Gasteiger partial charge in [-0.15, -0.1) is 0 Å². The molecule has 1 amide bonds. The van der Waals surface area contributed by atoms with Gasteiger partial charge in [0.2, 0.25) is 5.91 Å². The van der Waals surface area contributed by atoms with Crippen molar-refractivity contribution in [2.45, 2.75) is 44.7 Å². The Labute approximate surface area is 148 Å². The Hall–Kier alpha value is -2.08. The molecule has 6 heteroatoms. The number of carbonyl (C=O) groups is 2. The number of ether oxygens (including phenoxy) is 1. The molecule has 1 N–H and O–H groups in total. The summed E-state index contributed by atoms with van der Waals surface area (Å²) in [6.07, 6.45) is 4.49. The lowest BCUT2D eigenvalue weighted by Gasteiger charge is -2.40. The molecular weight excluding hydrogens is 320 g/mol. The third-order valence-electron chi connectivity index (χ3n) is 5.33. The maximum absolute atomic E-state index is 12.6. The third kappa shape index (κ3) is 3.63. The highest BCUT2D eigenvalue weighted by atomic mass is 16.5. The van der Waals surface area contributed by atoms with Gasteiger partial charge in [-0.05, 0) is 25.8 Å². The minimum Gasteiger partial charge on any atom is -0.496 e. The molecule has 0 aromatic heterocycles.